The minimum absolute atomic E-state index is 0.102. The van der Waals surface area contributed by atoms with E-state index in [1.165, 1.54) is 12.1 Å². The number of amides is 2. The Labute approximate surface area is 196 Å². The van der Waals surface area contributed by atoms with Gasteiger partial charge in [-0.3, -0.25) is 9.59 Å². The van der Waals surface area contributed by atoms with Gasteiger partial charge in [0.25, 0.3) is 0 Å². The van der Waals surface area contributed by atoms with Gasteiger partial charge in [-0.15, -0.1) is 0 Å². The second kappa shape index (κ2) is 10.5. The van der Waals surface area contributed by atoms with Gasteiger partial charge in [0.05, 0.1) is 4.90 Å². The molecule has 1 heterocycles. The van der Waals surface area contributed by atoms with Crippen LogP contribution in [-0.2, 0) is 26.0 Å². The summed E-state index contributed by atoms with van der Waals surface area (Å²) in [4.78, 5) is 27.0. The van der Waals surface area contributed by atoms with Crippen molar-refractivity contribution in [1.82, 2.24) is 9.62 Å². The molecule has 3 rings (SSSR count). The third-order valence-electron chi connectivity index (χ3n) is 5.78. The van der Waals surface area contributed by atoms with Crippen molar-refractivity contribution in [2.75, 3.05) is 25.0 Å². The number of nitrogens with one attached hydrogen (secondary N) is 2. The van der Waals surface area contributed by atoms with E-state index in [1.807, 2.05) is 56.0 Å². The molecule has 1 fully saturated rings. The van der Waals surface area contributed by atoms with Gasteiger partial charge >= 0.3 is 0 Å². The number of likely N-dealkylation sites (tertiary alicyclic amines) is 1. The minimum atomic E-state index is -3.62. The quantitative estimate of drug-likeness (QED) is 0.647. The zero-order chi connectivity index (χ0) is 24.1. The van der Waals surface area contributed by atoms with E-state index < -0.39 is 15.4 Å². The average Bonchev–Trinajstić information content (AvgIpc) is 2.79. The van der Waals surface area contributed by atoms with Crippen LogP contribution in [0.25, 0.3) is 0 Å². The number of benzene rings is 2. The molecule has 1 aliphatic heterocycles. The van der Waals surface area contributed by atoms with Gasteiger partial charge in [-0.25, -0.2) is 13.1 Å². The number of hydrogen-bond acceptors (Lipinski definition) is 4. The van der Waals surface area contributed by atoms with Crippen LogP contribution in [0.5, 0.6) is 0 Å². The molecule has 0 aromatic heterocycles. The Kier molecular flexibility index (Phi) is 7.92. The van der Waals surface area contributed by atoms with Crippen LogP contribution in [-0.4, -0.2) is 44.8 Å². The Morgan fingerprint density at radius 3 is 2.15 bits per heavy atom. The Morgan fingerprint density at radius 2 is 1.58 bits per heavy atom. The third kappa shape index (κ3) is 6.88. The maximum Gasteiger partial charge on any atom is 0.240 e. The molecule has 0 atom stereocenters. The van der Waals surface area contributed by atoms with E-state index in [2.05, 4.69) is 10.0 Å². The fraction of sp³-hybridized carbons (Fsp3) is 0.440. The van der Waals surface area contributed by atoms with Crippen LogP contribution in [0, 0.1) is 11.3 Å². The monoisotopic (exact) mass is 471 g/mol. The fourth-order valence-corrected chi connectivity index (χ4v) is 4.87. The van der Waals surface area contributed by atoms with Crippen molar-refractivity contribution >= 4 is 27.5 Å². The van der Waals surface area contributed by atoms with Crippen LogP contribution >= 0.6 is 0 Å². The molecule has 2 aromatic rings. The minimum Gasteiger partial charge on any atom is -0.342 e. The van der Waals surface area contributed by atoms with E-state index in [0.717, 1.165) is 5.56 Å². The van der Waals surface area contributed by atoms with Gasteiger partial charge in [-0.2, -0.15) is 0 Å². The standard InChI is InChI=1S/C25H33N3O4S/c1-25(2,3)24(30)28-17-14-20(15-18-28)23(29)27-21-9-11-22(12-10-21)33(31,32)26-16-13-19-7-5-4-6-8-19/h4-12,20,26H,13-18H2,1-3H3,(H,27,29). The molecule has 0 spiro atoms. The highest BCUT2D eigenvalue weighted by Crippen LogP contribution is 2.25. The molecule has 7 nitrogen and oxygen atoms in total. The summed E-state index contributed by atoms with van der Waals surface area (Å²) in [5.74, 6) is -0.165. The lowest BCUT2D eigenvalue weighted by Crippen LogP contribution is -2.45. The van der Waals surface area contributed by atoms with Crippen LogP contribution < -0.4 is 10.0 Å². The molecule has 1 saturated heterocycles. The van der Waals surface area contributed by atoms with Crippen LogP contribution in [0.3, 0.4) is 0 Å². The Hall–Kier alpha value is -2.71. The van der Waals surface area contributed by atoms with Crippen molar-refractivity contribution in [3.8, 4) is 0 Å². The molecule has 0 unspecified atom stereocenters. The van der Waals surface area contributed by atoms with Gasteiger partial charge in [0.15, 0.2) is 0 Å². The fourth-order valence-electron chi connectivity index (χ4n) is 3.84. The summed E-state index contributed by atoms with van der Waals surface area (Å²) >= 11 is 0. The van der Waals surface area contributed by atoms with Crippen molar-refractivity contribution in [3.63, 3.8) is 0 Å². The normalized spacial score (nSPS) is 15.3. The molecular formula is C25H33N3O4S. The largest absolute Gasteiger partial charge is 0.342 e. The van der Waals surface area contributed by atoms with E-state index in [9.17, 15) is 18.0 Å². The summed E-state index contributed by atoms with van der Waals surface area (Å²) in [6.45, 7) is 7.14. The number of rotatable bonds is 7. The van der Waals surface area contributed by atoms with Gasteiger partial charge < -0.3 is 10.2 Å². The van der Waals surface area contributed by atoms with Gasteiger partial charge in [0.1, 0.15) is 0 Å². The maximum absolute atomic E-state index is 12.7. The Balaban J connectivity index is 1.50. The highest BCUT2D eigenvalue weighted by Gasteiger charge is 2.32. The molecule has 2 amide bonds. The lowest BCUT2D eigenvalue weighted by molar-refractivity contribution is -0.142. The van der Waals surface area contributed by atoms with Gasteiger partial charge in [-0.1, -0.05) is 51.1 Å². The van der Waals surface area contributed by atoms with Crippen LogP contribution in [0.4, 0.5) is 5.69 Å². The smallest absolute Gasteiger partial charge is 0.240 e. The van der Waals surface area contributed by atoms with Gasteiger partial charge in [0.2, 0.25) is 21.8 Å². The van der Waals surface area contributed by atoms with E-state index in [4.69, 9.17) is 0 Å². The summed E-state index contributed by atoms with van der Waals surface area (Å²) in [6.07, 6.45) is 1.84. The summed E-state index contributed by atoms with van der Waals surface area (Å²) in [5, 5.41) is 2.87. The molecule has 0 saturated carbocycles. The first kappa shape index (κ1) is 24.9. The molecule has 33 heavy (non-hydrogen) atoms. The second-order valence-electron chi connectivity index (χ2n) is 9.46. The predicted molar refractivity (Wildman–Crippen MR) is 129 cm³/mol. The van der Waals surface area contributed by atoms with E-state index in [-0.39, 0.29) is 22.6 Å². The molecular weight excluding hydrogens is 438 g/mol. The van der Waals surface area contributed by atoms with Gasteiger partial charge in [-0.05, 0) is 49.1 Å². The lowest BCUT2D eigenvalue weighted by atomic mass is 9.90. The van der Waals surface area contributed by atoms with Crippen molar-refractivity contribution < 1.29 is 18.0 Å². The zero-order valence-corrected chi connectivity index (χ0v) is 20.3. The topological polar surface area (TPSA) is 95.6 Å². The van der Waals surface area contributed by atoms with Crippen LogP contribution in [0.15, 0.2) is 59.5 Å². The number of nitrogens with zero attached hydrogens (tertiary/aromatic N) is 1. The average molecular weight is 472 g/mol. The van der Waals surface area contributed by atoms with Gasteiger partial charge in [0, 0.05) is 36.7 Å². The summed E-state index contributed by atoms with van der Waals surface area (Å²) in [6, 6.07) is 15.9. The van der Waals surface area contributed by atoms with E-state index in [1.54, 1.807) is 12.1 Å². The maximum atomic E-state index is 12.7. The number of carbonyl (C=O) groups is 2. The number of anilines is 1. The summed E-state index contributed by atoms with van der Waals surface area (Å²) in [7, 11) is -3.62. The molecule has 2 N–H and O–H groups in total. The van der Waals surface area contributed by atoms with Crippen molar-refractivity contribution in [3.05, 3.63) is 60.2 Å². The van der Waals surface area contributed by atoms with Crippen LogP contribution in [0.2, 0.25) is 0 Å². The first-order valence-corrected chi connectivity index (χ1v) is 12.8. The molecule has 1 aliphatic rings. The van der Waals surface area contributed by atoms with Crippen molar-refractivity contribution in [2.45, 2.75) is 44.9 Å². The second-order valence-corrected chi connectivity index (χ2v) is 11.2. The number of sulfonamides is 1. The van der Waals surface area contributed by atoms with Crippen LogP contribution in [0.1, 0.15) is 39.2 Å². The first-order chi connectivity index (χ1) is 15.6. The predicted octanol–water partition coefficient (Wildman–Crippen LogP) is 3.43. The van der Waals surface area contributed by atoms with E-state index >= 15 is 0 Å². The van der Waals surface area contributed by atoms with Crippen molar-refractivity contribution in [1.29, 1.82) is 0 Å². The molecule has 2 aromatic carbocycles. The number of carbonyl (C=O) groups excluding carboxylic acids is 2. The molecule has 0 bridgehead atoms. The summed E-state index contributed by atoms with van der Waals surface area (Å²) < 4.78 is 27.7. The molecule has 0 aliphatic carbocycles. The zero-order valence-electron chi connectivity index (χ0n) is 19.5. The first-order valence-electron chi connectivity index (χ1n) is 11.3. The molecule has 0 radical (unpaired) electrons. The highest BCUT2D eigenvalue weighted by molar-refractivity contribution is 7.89. The molecule has 178 valence electrons. The van der Waals surface area contributed by atoms with Crippen molar-refractivity contribution in [2.24, 2.45) is 11.3 Å². The number of hydrogen-bond donors (Lipinski definition) is 2. The highest BCUT2D eigenvalue weighted by atomic mass is 32.2. The molecule has 8 heteroatoms. The Morgan fingerprint density at radius 1 is 0.970 bits per heavy atom. The third-order valence-corrected chi connectivity index (χ3v) is 7.25. The Bertz CT molecular complexity index is 1050. The van der Waals surface area contributed by atoms with E-state index in [0.29, 0.717) is 44.6 Å². The number of piperidine rings is 1. The SMILES string of the molecule is CC(C)(C)C(=O)N1CCC(C(=O)Nc2ccc(S(=O)(=O)NCCc3ccccc3)cc2)CC1. The summed E-state index contributed by atoms with van der Waals surface area (Å²) in [5.41, 5.74) is 1.19. The lowest BCUT2D eigenvalue weighted by Gasteiger charge is -2.35.